The number of halogens is 1. The van der Waals surface area contributed by atoms with Crippen molar-refractivity contribution in [2.75, 3.05) is 0 Å². The van der Waals surface area contributed by atoms with Crippen LogP contribution in [-0.2, 0) is 6.42 Å². The first-order valence-electron chi connectivity index (χ1n) is 5.46. The van der Waals surface area contributed by atoms with Crippen molar-refractivity contribution in [1.29, 1.82) is 0 Å². The molecule has 1 N–H and O–H groups in total. The van der Waals surface area contributed by atoms with E-state index in [9.17, 15) is 9.18 Å². The molecule has 0 bridgehead atoms. The predicted molar refractivity (Wildman–Crippen MR) is 63.8 cm³/mol. The van der Waals surface area contributed by atoms with Crippen molar-refractivity contribution >= 4 is 5.97 Å². The Labute approximate surface area is 103 Å². The maximum Gasteiger partial charge on any atom is 0.337 e. The molecule has 0 aliphatic rings. The molecule has 0 atom stereocenters. The van der Waals surface area contributed by atoms with Gasteiger partial charge in [0.1, 0.15) is 5.82 Å². The van der Waals surface area contributed by atoms with E-state index in [1.165, 1.54) is 18.3 Å². The van der Waals surface area contributed by atoms with Crippen molar-refractivity contribution in [2.24, 2.45) is 0 Å². The summed E-state index contributed by atoms with van der Waals surface area (Å²) in [4.78, 5) is 18.9. The summed E-state index contributed by atoms with van der Waals surface area (Å²) < 4.78 is 13.1. The SMILES string of the molecule is CCc1nc(-c2cncc(F)c2)ccc1C(=O)O. The first-order valence-corrected chi connectivity index (χ1v) is 5.46. The van der Waals surface area contributed by atoms with Crippen molar-refractivity contribution in [3.05, 3.63) is 47.7 Å². The number of aromatic nitrogens is 2. The van der Waals surface area contributed by atoms with Gasteiger partial charge in [-0.05, 0) is 24.6 Å². The quantitative estimate of drug-likeness (QED) is 0.903. The fraction of sp³-hybridized carbons (Fsp3) is 0.154. The summed E-state index contributed by atoms with van der Waals surface area (Å²) in [6, 6.07) is 4.35. The highest BCUT2D eigenvalue weighted by Gasteiger charge is 2.12. The van der Waals surface area contributed by atoms with E-state index in [-0.39, 0.29) is 5.56 Å². The van der Waals surface area contributed by atoms with E-state index >= 15 is 0 Å². The second-order valence-electron chi connectivity index (χ2n) is 3.74. The predicted octanol–water partition coefficient (Wildman–Crippen LogP) is 2.54. The minimum Gasteiger partial charge on any atom is -0.478 e. The van der Waals surface area contributed by atoms with E-state index in [0.717, 1.165) is 6.20 Å². The fourth-order valence-corrected chi connectivity index (χ4v) is 1.68. The van der Waals surface area contributed by atoms with E-state index in [0.29, 0.717) is 23.4 Å². The lowest BCUT2D eigenvalue weighted by atomic mass is 10.1. The van der Waals surface area contributed by atoms with Crippen LogP contribution in [0.4, 0.5) is 4.39 Å². The van der Waals surface area contributed by atoms with E-state index in [4.69, 9.17) is 5.11 Å². The highest BCUT2D eigenvalue weighted by molar-refractivity contribution is 5.89. The molecule has 2 rings (SSSR count). The van der Waals surface area contributed by atoms with Gasteiger partial charge in [0.05, 0.1) is 23.1 Å². The zero-order valence-electron chi connectivity index (χ0n) is 9.72. The van der Waals surface area contributed by atoms with E-state index < -0.39 is 11.8 Å². The third-order valence-corrected chi connectivity index (χ3v) is 2.54. The number of carboxylic acids is 1. The molecular formula is C13H11FN2O2. The van der Waals surface area contributed by atoms with Crippen LogP contribution in [0, 0.1) is 5.82 Å². The van der Waals surface area contributed by atoms with Gasteiger partial charge >= 0.3 is 5.97 Å². The lowest BCUT2D eigenvalue weighted by Crippen LogP contribution is -2.04. The lowest BCUT2D eigenvalue weighted by molar-refractivity contribution is 0.0695. The van der Waals surface area contributed by atoms with E-state index in [1.54, 1.807) is 6.07 Å². The van der Waals surface area contributed by atoms with Crippen LogP contribution in [0.15, 0.2) is 30.6 Å². The Morgan fingerprint density at radius 3 is 2.78 bits per heavy atom. The Morgan fingerprint density at radius 1 is 1.39 bits per heavy atom. The standard InChI is InChI=1S/C13H11FN2O2/c1-2-11-10(13(17)18)3-4-12(16-11)8-5-9(14)7-15-6-8/h3-7H,2H2,1H3,(H,17,18). The Balaban J connectivity index is 2.51. The number of hydrogen-bond acceptors (Lipinski definition) is 3. The molecule has 0 amide bonds. The number of nitrogens with zero attached hydrogens (tertiary/aromatic N) is 2. The van der Waals surface area contributed by atoms with Crippen molar-refractivity contribution in [3.63, 3.8) is 0 Å². The molecule has 0 aromatic carbocycles. The maximum absolute atomic E-state index is 13.1. The first-order chi connectivity index (χ1) is 8.61. The number of rotatable bonds is 3. The second kappa shape index (κ2) is 4.91. The largest absolute Gasteiger partial charge is 0.478 e. The highest BCUT2D eigenvalue weighted by Crippen LogP contribution is 2.19. The summed E-state index contributed by atoms with van der Waals surface area (Å²) in [6.07, 6.45) is 3.10. The number of aromatic carboxylic acids is 1. The van der Waals surface area contributed by atoms with Crippen LogP contribution in [0.3, 0.4) is 0 Å². The number of pyridine rings is 2. The topological polar surface area (TPSA) is 63.1 Å². The summed E-state index contributed by atoms with van der Waals surface area (Å²) in [5, 5.41) is 8.99. The maximum atomic E-state index is 13.1. The average molecular weight is 246 g/mol. The summed E-state index contributed by atoms with van der Waals surface area (Å²) in [6.45, 7) is 1.82. The van der Waals surface area contributed by atoms with Gasteiger partial charge < -0.3 is 5.11 Å². The van der Waals surface area contributed by atoms with E-state index in [2.05, 4.69) is 9.97 Å². The Bertz CT molecular complexity index is 599. The summed E-state index contributed by atoms with van der Waals surface area (Å²) in [5.41, 5.74) is 1.69. The van der Waals surface area contributed by atoms with Crippen molar-refractivity contribution < 1.29 is 14.3 Å². The van der Waals surface area contributed by atoms with Gasteiger partial charge in [-0.3, -0.25) is 9.97 Å². The fourth-order valence-electron chi connectivity index (χ4n) is 1.68. The van der Waals surface area contributed by atoms with E-state index in [1.807, 2.05) is 6.92 Å². The summed E-state index contributed by atoms with van der Waals surface area (Å²) in [7, 11) is 0. The Kier molecular flexibility index (Phi) is 3.32. The van der Waals surface area contributed by atoms with Gasteiger partial charge in [-0.15, -0.1) is 0 Å². The molecule has 0 saturated carbocycles. The normalized spacial score (nSPS) is 10.3. The Morgan fingerprint density at radius 2 is 2.17 bits per heavy atom. The monoisotopic (exact) mass is 246 g/mol. The first kappa shape index (κ1) is 12.2. The van der Waals surface area contributed by atoms with Crippen molar-refractivity contribution in [1.82, 2.24) is 9.97 Å². The number of aryl methyl sites for hydroxylation is 1. The smallest absolute Gasteiger partial charge is 0.337 e. The van der Waals surface area contributed by atoms with Crippen molar-refractivity contribution in [3.8, 4) is 11.3 Å². The average Bonchev–Trinajstić information content (AvgIpc) is 2.37. The molecule has 92 valence electrons. The van der Waals surface area contributed by atoms with Crippen LogP contribution in [-0.4, -0.2) is 21.0 Å². The van der Waals surface area contributed by atoms with Crippen molar-refractivity contribution in [2.45, 2.75) is 13.3 Å². The summed E-state index contributed by atoms with van der Waals surface area (Å²) in [5.74, 6) is -1.46. The van der Waals surface area contributed by atoms with Crippen LogP contribution in [0.2, 0.25) is 0 Å². The molecule has 0 saturated heterocycles. The van der Waals surface area contributed by atoms with Crippen LogP contribution in [0.1, 0.15) is 23.0 Å². The molecule has 0 unspecified atom stereocenters. The molecular weight excluding hydrogens is 235 g/mol. The molecule has 0 aliphatic heterocycles. The number of carboxylic acid groups (broad SMARTS) is 1. The molecule has 2 aromatic rings. The van der Waals surface area contributed by atoms with Crippen LogP contribution >= 0.6 is 0 Å². The van der Waals surface area contributed by atoms with Gasteiger partial charge in [0.25, 0.3) is 0 Å². The molecule has 18 heavy (non-hydrogen) atoms. The molecule has 2 aromatic heterocycles. The van der Waals surface area contributed by atoms with Crippen LogP contribution in [0.25, 0.3) is 11.3 Å². The third kappa shape index (κ3) is 2.34. The van der Waals surface area contributed by atoms with Crippen LogP contribution < -0.4 is 0 Å². The third-order valence-electron chi connectivity index (χ3n) is 2.54. The number of carbonyl (C=O) groups is 1. The second-order valence-corrected chi connectivity index (χ2v) is 3.74. The molecule has 0 spiro atoms. The minimum atomic E-state index is -1.01. The zero-order valence-corrected chi connectivity index (χ0v) is 9.72. The summed E-state index contributed by atoms with van der Waals surface area (Å²) >= 11 is 0. The number of hydrogen-bond donors (Lipinski definition) is 1. The van der Waals surface area contributed by atoms with Gasteiger partial charge in [0.2, 0.25) is 0 Å². The van der Waals surface area contributed by atoms with Gasteiger partial charge in [-0.2, -0.15) is 0 Å². The van der Waals surface area contributed by atoms with Gasteiger partial charge in [-0.25, -0.2) is 9.18 Å². The van der Waals surface area contributed by atoms with Gasteiger partial charge in [-0.1, -0.05) is 6.92 Å². The molecule has 0 fully saturated rings. The zero-order chi connectivity index (χ0) is 13.1. The Hall–Kier alpha value is -2.30. The lowest BCUT2D eigenvalue weighted by Gasteiger charge is -2.06. The molecule has 2 heterocycles. The molecule has 4 nitrogen and oxygen atoms in total. The molecule has 0 aliphatic carbocycles. The molecule has 0 radical (unpaired) electrons. The van der Waals surface area contributed by atoms with Gasteiger partial charge in [0.15, 0.2) is 0 Å². The van der Waals surface area contributed by atoms with Gasteiger partial charge in [0, 0.05) is 11.8 Å². The highest BCUT2D eigenvalue weighted by atomic mass is 19.1. The molecule has 5 heteroatoms. The van der Waals surface area contributed by atoms with Crippen LogP contribution in [0.5, 0.6) is 0 Å². The minimum absolute atomic E-state index is 0.172.